The maximum absolute atomic E-state index is 6.47. The molecule has 0 unspecified atom stereocenters. The Bertz CT molecular complexity index is 2730. The van der Waals surface area contributed by atoms with Crippen molar-refractivity contribution in [2.45, 2.75) is 0 Å². The van der Waals surface area contributed by atoms with E-state index in [9.17, 15) is 0 Å². The van der Waals surface area contributed by atoms with Crippen LogP contribution in [0.15, 0.2) is 188 Å². The molecule has 0 fully saturated rings. The molecule has 0 aliphatic carbocycles. The van der Waals surface area contributed by atoms with Gasteiger partial charge in [0.05, 0.1) is 5.39 Å². The number of nitrogens with zero attached hydrogens (tertiary/aromatic N) is 1. The summed E-state index contributed by atoms with van der Waals surface area (Å²) < 4.78 is 12.8. The van der Waals surface area contributed by atoms with Crippen molar-refractivity contribution in [1.82, 2.24) is 0 Å². The maximum atomic E-state index is 6.47. The van der Waals surface area contributed by atoms with Crippen LogP contribution in [0, 0.1) is 0 Å². The van der Waals surface area contributed by atoms with Crippen molar-refractivity contribution >= 4 is 49.4 Å². The third-order valence-electron chi connectivity index (χ3n) is 9.89. The Hall–Kier alpha value is -6.84. The molecular formula is C48H31NO2. The molecule has 0 N–H and O–H groups in total. The summed E-state index contributed by atoms with van der Waals surface area (Å²) in [6.07, 6.45) is 0. The highest BCUT2D eigenvalue weighted by Crippen LogP contribution is 2.47. The first-order valence-electron chi connectivity index (χ1n) is 17.2. The first kappa shape index (κ1) is 29.1. The number of ether oxygens (including phenoxy) is 2. The fourth-order valence-electron chi connectivity index (χ4n) is 7.44. The number of anilines is 3. The predicted octanol–water partition coefficient (Wildman–Crippen LogP) is 13.8. The van der Waals surface area contributed by atoms with E-state index in [1.165, 1.54) is 32.7 Å². The lowest BCUT2D eigenvalue weighted by Crippen LogP contribution is -2.09. The fourth-order valence-corrected chi connectivity index (χ4v) is 7.44. The van der Waals surface area contributed by atoms with Gasteiger partial charge in [-0.25, -0.2) is 0 Å². The van der Waals surface area contributed by atoms with Crippen molar-refractivity contribution in [3.8, 4) is 45.3 Å². The average Bonchev–Trinajstić information content (AvgIpc) is 3.36. The van der Waals surface area contributed by atoms with E-state index in [2.05, 4.69) is 163 Å². The summed E-state index contributed by atoms with van der Waals surface area (Å²) in [5.41, 5.74) is 7.84. The number of rotatable bonds is 5. The summed E-state index contributed by atoms with van der Waals surface area (Å²) in [6, 6.07) is 66.2. The van der Waals surface area contributed by atoms with E-state index in [0.29, 0.717) is 11.5 Å². The molecule has 0 spiro atoms. The molecule has 3 nitrogen and oxygen atoms in total. The summed E-state index contributed by atoms with van der Waals surface area (Å²) in [4.78, 5) is 2.30. The van der Waals surface area contributed by atoms with Crippen LogP contribution in [0.2, 0.25) is 0 Å². The Morgan fingerprint density at radius 3 is 1.59 bits per heavy atom. The van der Waals surface area contributed by atoms with Gasteiger partial charge in [-0.1, -0.05) is 121 Å². The second-order valence-electron chi connectivity index (χ2n) is 12.9. The topological polar surface area (TPSA) is 21.7 Å². The van der Waals surface area contributed by atoms with Crippen molar-refractivity contribution in [3.63, 3.8) is 0 Å². The van der Waals surface area contributed by atoms with Gasteiger partial charge in [-0.15, -0.1) is 0 Å². The molecule has 10 rings (SSSR count). The van der Waals surface area contributed by atoms with Crippen LogP contribution in [-0.2, 0) is 0 Å². The van der Waals surface area contributed by atoms with E-state index in [4.69, 9.17) is 9.47 Å². The van der Waals surface area contributed by atoms with E-state index in [1.54, 1.807) is 0 Å². The van der Waals surface area contributed by atoms with Crippen LogP contribution in [0.5, 0.6) is 23.0 Å². The van der Waals surface area contributed by atoms with E-state index < -0.39 is 0 Å². The summed E-state index contributed by atoms with van der Waals surface area (Å²) in [5.74, 6) is 3.01. The lowest BCUT2D eigenvalue weighted by molar-refractivity contribution is 0.439. The molecule has 9 aromatic carbocycles. The Morgan fingerprint density at radius 1 is 0.314 bits per heavy atom. The molecule has 0 amide bonds. The van der Waals surface area contributed by atoms with Gasteiger partial charge in [-0.05, 0) is 116 Å². The number of hydrogen-bond donors (Lipinski definition) is 0. The van der Waals surface area contributed by atoms with Gasteiger partial charge >= 0.3 is 0 Å². The average molecular weight is 654 g/mol. The van der Waals surface area contributed by atoms with Gasteiger partial charge in [0.25, 0.3) is 0 Å². The molecule has 0 radical (unpaired) electrons. The van der Waals surface area contributed by atoms with Gasteiger partial charge in [0.2, 0.25) is 0 Å². The molecule has 0 saturated carbocycles. The minimum Gasteiger partial charge on any atom is -0.453 e. The Balaban J connectivity index is 0.997. The molecule has 0 saturated heterocycles. The number of fused-ring (bicyclic) bond motifs is 4. The minimum atomic E-state index is 0.700. The van der Waals surface area contributed by atoms with Gasteiger partial charge in [-0.3, -0.25) is 0 Å². The van der Waals surface area contributed by atoms with Crippen LogP contribution in [0.3, 0.4) is 0 Å². The van der Waals surface area contributed by atoms with E-state index in [0.717, 1.165) is 50.5 Å². The zero-order valence-corrected chi connectivity index (χ0v) is 27.7. The molecule has 3 heteroatoms. The largest absolute Gasteiger partial charge is 0.453 e. The highest BCUT2D eigenvalue weighted by atomic mass is 16.5. The van der Waals surface area contributed by atoms with Crippen molar-refractivity contribution in [1.29, 1.82) is 0 Å². The van der Waals surface area contributed by atoms with E-state index in [1.807, 2.05) is 30.3 Å². The molecule has 1 aliphatic rings. The molecule has 1 heterocycles. The quantitative estimate of drug-likeness (QED) is 0.173. The van der Waals surface area contributed by atoms with Crippen LogP contribution in [0.4, 0.5) is 17.1 Å². The molecule has 9 aromatic rings. The first-order valence-corrected chi connectivity index (χ1v) is 17.2. The summed E-state index contributed by atoms with van der Waals surface area (Å²) in [7, 11) is 0. The third-order valence-corrected chi connectivity index (χ3v) is 9.89. The van der Waals surface area contributed by atoms with Crippen molar-refractivity contribution in [3.05, 3.63) is 188 Å². The van der Waals surface area contributed by atoms with Gasteiger partial charge in [0.15, 0.2) is 11.5 Å². The predicted molar refractivity (Wildman–Crippen MR) is 211 cm³/mol. The van der Waals surface area contributed by atoms with Crippen molar-refractivity contribution < 1.29 is 9.47 Å². The molecular weight excluding hydrogens is 623 g/mol. The van der Waals surface area contributed by atoms with Crippen molar-refractivity contribution in [2.24, 2.45) is 0 Å². The highest BCUT2D eigenvalue weighted by Gasteiger charge is 2.20. The lowest BCUT2D eigenvalue weighted by atomic mass is 9.93. The minimum absolute atomic E-state index is 0.700. The second kappa shape index (κ2) is 11.9. The summed E-state index contributed by atoms with van der Waals surface area (Å²) >= 11 is 0. The normalized spacial score (nSPS) is 11.8. The fraction of sp³-hybridized carbons (Fsp3) is 0. The van der Waals surface area contributed by atoms with E-state index in [-0.39, 0.29) is 0 Å². The van der Waals surface area contributed by atoms with E-state index >= 15 is 0 Å². The maximum Gasteiger partial charge on any atom is 0.170 e. The monoisotopic (exact) mass is 653 g/mol. The highest BCUT2D eigenvalue weighted by molar-refractivity contribution is 6.13. The number of benzene rings is 9. The van der Waals surface area contributed by atoms with Crippen LogP contribution < -0.4 is 14.4 Å². The smallest absolute Gasteiger partial charge is 0.170 e. The molecule has 0 aromatic heterocycles. The molecule has 0 atom stereocenters. The molecule has 1 aliphatic heterocycles. The standard InChI is InChI=1S/C48H31NO2/c1-2-13-37(14-3-1)49(39-27-22-33(23-28-39)43-30-36-10-4-5-15-40(36)41-16-6-7-17-42(41)43)38-25-20-32(21-26-38)35-24-29-44-47(31-35)51-46-19-9-12-34-11-8-18-45(50-44)48(34)46/h1-31H. The number of para-hydroxylation sites is 1. The van der Waals surface area contributed by atoms with Crippen LogP contribution in [0.25, 0.3) is 54.6 Å². The molecule has 0 bridgehead atoms. The summed E-state index contributed by atoms with van der Waals surface area (Å²) in [6.45, 7) is 0. The second-order valence-corrected chi connectivity index (χ2v) is 12.9. The SMILES string of the molecule is c1ccc(N(c2ccc(-c3ccc4c(c3)Oc3cccc5cccc(c35)O4)cc2)c2ccc(-c3cc4ccccc4c4ccccc34)cc2)cc1. The Morgan fingerprint density at radius 2 is 0.863 bits per heavy atom. The van der Waals surface area contributed by atoms with Gasteiger partial charge < -0.3 is 14.4 Å². The summed E-state index contributed by atoms with van der Waals surface area (Å²) in [5, 5.41) is 7.14. The number of hydrogen-bond acceptors (Lipinski definition) is 3. The molecule has 240 valence electrons. The van der Waals surface area contributed by atoms with Crippen molar-refractivity contribution in [2.75, 3.05) is 4.90 Å². The Kier molecular flexibility index (Phi) is 6.81. The zero-order valence-electron chi connectivity index (χ0n) is 27.7. The van der Waals surface area contributed by atoms with Crippen LogP contribution in [-0.4, -0.2) is 0 Å². The lowest BCUT2D eigenvalue weighted by Gasteiger charge is -2.26. The Labute approximate surface area is 296 Å². The van der Waals surface area contributed by atoms with Crippen LogP contribution >= 0.6 is 0 Å². The van der Waals surface area contributed by atoms with Gasteiger partial charge in [0.1, 0.15) is 11.5 Å². The van der Waals surface area contributed by atoms with Crippen LogP contribution in [0.1, 0.15) is 0 Å². The molecule has 51 heavy (non-hydrogen) atoms. The van der Waals surface area contributed by atoms with Gasteiger partial charge in [-0.2, -0.15) is 0 Å². The van der Waals surface area contributed by atoms with Gasteiger partial charge in [0, 0.05) is 17.1 Å². The first-order chi connectivity index (χ1) is 25.3. The zero-order chi connectivity index (χ0) is 33.7. The third kappa shape index (κ3) is 5.06.